The average molecular weight is 340 g/mol. The average Bonchev–Trinajstić information content (AvgIpc) is 2.89. The minimum Gasteiger partial charge on any atom is -0.277 e. The van der Waals surface area contributed by atoms with E-state index in [2.05, 4.69) is 10.3 Å². The molecular weight excluding hydrogens is 320 g/mol. The molecule has 1 N–H and O–H groups in total. The lowest BCUT2D eigenvalue weighted by Gasteiger charge is -2.14. The summed E-state index contributed by atoms with van der Waals surface area (Å²) in [5, 5.41) is 0. The van der Waals surface area contributed by atoms with Crippen LogP contribution in [0, 0.1) is 0 Å². The fraction of sp³-hybridized carbons (Fsp3) is 0.211. The van der Waals surface area contributed by atoms with Crippen molar-refractivity contribution < 1.29 is 19.2 Å². The van der Waals surface area contributed by atoms with Crippen LogP contribution in [0.3, 0.4) is 0 Å². The maximum absolute atomic E-state index is 12.3. The van der Waals surface area contributed by atoms with Gasteiger partial charge in [-0.3, -0.25) is 24.1 Å². The SMILES string of the molecule is CC.CONC(=O)c1ccc(CN2C(=O)c3ccccc3C2=O)cc1. The van der Waals surface area contributed by atoms with Crippen molar-refractivity contribution in [2.75, 3.05) is 7.11 Å². The summed E-state index contributed by atoms with van der Waals surface area (Å²) in [6.07, 6.45) is 0. The molecule has 0 aromatic heterocycles. The number of amides is 3. The topological polar surface area (TPSA) is 75.7 Å². The van der Waals surface area contributed by atoms with Crippen LogP contribution in [0.15, 0.2) is 48.5 Å². The van der Waals surface area contributed by atoms with E-state index in [0.29, 0.717) is 16.7 Å². The summed E-state index contributed by atoms with van der Waals surface area (Å²) >= 11 is 0. The highest BCUT2D eigenvalue weighted by Gasteiger charge is 2.34. The van der Waals surface area contributed by atoms with Crippen molar-refractivity contribution in [3.8, 4) is 0 Å². The number of fused-ring (bicyclic) bond motifs is 1. The van der Waals surface area contributed by atoms with Crippen LogP contribution in [-0.2, 0) is 11.4 Å². The molecule has 0 atom stereocenters. The largest absolute Gasteiger partial charge is 0.277 e. The Kier molecular flexibility index (Phi) is 6.03. The number of benzene rings is 2. The molecule has 0 fully saturated rings. The van der Waals surface area contributed by atoms with Gasteiger partial charge in [-0.05, 0) is 29.8 Å². The molecule has 0 bridgehead atoms. The minimum atomic E-state index is -0.361. The Hall–Kier alpha value is -2.99. The zero-order valence-electron chi connectivity index (χ0n) is 14.4. The molecule has 6 nitrogen and oxygen atoms in total. The van der Waals surface area contributed by atoms with Gasteiger partial charge in [0, 0.05) is 5.56 Å². The molecule has 1 heterocycles. The van der Waals surface area contributed by atoms with E-state index >= 15 is 0 Å². The van der Waals surface area contributed by atoms with Gasteiger partial charge in [-0.2, -0.15) is 0 Å². The van der Waals surface area contributed by atoms with Gasteiger partial charge in [-0.15, -0.1) is 0 Å². The van der Waals surface area contributed by atoms with Crippen LogP contribution in [0.25, 0.3) is 0 Å². The van der Waals surface area contributed by atoms with Crippen molar-refractivity contribution in [1.82, 2.24) is 10.4 Å². The van der Waals surface area contributed by atoms with Crippen molar-refractivity contribution in [2.24, 2.45) is 0 Å². The van der Waals surface area contributed by atoms with Crippen LogP contribution < -0.4 is 5.48 Å². The first kappa shape index (κ1) is 18.4. The highest BCUT2D eigenvalue weighted by atomic mass is 16.6. The highest BCUT2D eigenvalue weighted by molar-refractivity contribution is 6.21. The molecule has 1 aliphatic heterocycles. The molecule has 0 spiro atoms. The smallest absolute Gasteiger partial charge is 0.274 e. The number of nitrogens with one attached hydrogen (secondary N) is 1. The summed E-state index contributed by atoms with van der Waals surface area (Å²) in [6, 6.07) is 13.4. The summed E-state index contributed by atoms with van der Waals surface area (Å²) in [5.74, 6) is -0.960. The second-order valence-corrected chi connectivity index (χ2v) is 5.07. The zero-order chi connectivity index (χ0) is 18.4. The first-order valence-electron chi connectivity index (χ1n) is 7.99. The fourth-order valence-electron chi connectivity index (χ4n) is 2.48. The van der Waals surface area contributed by atoms with E-state index in [9.17, 15) is 14.4 Å². The van der Waals surface area contributed by atoms with Gasteiger partial charge in [0.25, 0.3) is 17.7 Å². The second kappa shape index (κ2) is 8.21. The van der Waals surface area contributed by atoms with Crippen LogP contribution in [0.4, 0.5) is 0 Å². The van der Waals surface area contributed by atoms with Gasteiger partial charge in [-0.25, -0.2) is 5.48 Å². The van der Waals surface area contributed by atoms with Crippen LogP contribution >= 0.6 is 0 Å². The van der Waals surface area contributed by atoms with Gasteiger partial charge < -0.3 is 0 Å². The summed E-state index contributed by atoms with van der Waals surface area (Å²) in [5.41, 5.74) is 4.26. The Labute approximate surface area is 146 Å². The predicted octanol–water partition coefficient (Wildman–Crippen LogP) is 2.80. The molecule has 25 heavy (non-hydrogen) atoms. The van der Waals surface area contributed by atoms with Crippen molar-refractivity contribution in [1.29, 1.82) is 0 Å². The van der Waals surface area contributed by atoms with Gasteiger partial charge in [0.15, 0.2) is 0 Å². The number of rotatable bonds is 4. The summed E-state index contributed by atoms with van der Waals surface area (Å²) in [6.45, 7) is 4.17. The van der Waals surface area contributed by atoms with E-state index in [0.717, 1.165) is 5.56 Å². The number of hydroxylamine groups is 1. The van der Waals surface area contributed by atoms with Gasteiger partial charge in [0.1, 0.15) is 0 Å². The summed E-state index contributed by atoms with van der Waals surface area (Å²) in [4.78, 5) is 42.0. The van der Waals surface area contributed by atoms with Gasteiger partial charge in [0.2, 0.25) is 0 Å². The van der Waals surface area contributed by atoms with Gasteiger partial charge in [0.05, 0.1) is 24.8 Å². The zero-order valence-corrected chi connectivity index (χ0v) is 14.4. The lowest BCUT2D eigenvalue weighted by atomic mass is 10.1. The van der Waals surface area contributed by atoms with E-state index in [1.165, 1.54) is 12.0 Å². The Morgan fingerprint density at radius 1 is 0.960 bits per heavy atom. The number of nitrogens with zero attached hydrogens (tertiary/aromatic N) is 1. The first-order chi connectivity index (χ1) is 12.1. The molecule has 2 aromatic rings. The molecule has 130 valence electrons. The van der Waals surface area contributed by atoms with E-state index in [4.69, 9.17) is 0 Å². The number of carbonyl (C=O) groups is 3. The first-order valence-corrected chi connectivity index (χ1v) is 7.99. The molecule has 0 radical (unpaired) electrons. The lowest BCUT2D eigenvalue weighted by molar-refractivity contribution is 0.0536. The Morgan fingerprint density at radius 2 is 1.48 bits per heavy atom. The third-order valence-corrected chi connectivity index (χ3v) is 3.63. The van der Waals surface area contributed by atoms with E-state index in [1.54, 1.807) is 48.5 Å². The maximum atomic E-state index is 12.3. The third kappa shape index (κ3) is 3.75. The fourth-order valence-corrected chi connectivity index (χ4v) is 2.48. The summed E-state index contributed by atoms with van der Waals surface area (Å²) < 4.78 is 0. The van der Waals surface area contributed by atoms with Crippen LogP contribution in [-0.4, -0.2) is 29.7 Å². The van der Waals surface area contributed by atoms with E-state index in [-0.39, 0.29) is 24.3 Å². The number of hydrogen-bond donors (Lipinski definition) is 1. The monoisotopic (exact) mass is 340 g/mol. The van der Waals surface area contributed by atoms with Crippen LogP contribution in [0.5, 0.6) is 0 Å². The number of carbonyl (C=O) groups excluding carboxylic acids is 3. The minimum absolute atomic E-state index is 0.165. The second-order valence-electron chi connectivity index (χ2n) is 5.07. The molecule has 1 aliphatic rings. The van der Waals surface area contributed by atoms with Crippen molar-refractivity contribution in [3.05, 3.63) is 70.8 Å². The molecule has 3 amide bonds. The molecule has 0 saturated carbocycles. The van der Waals surface area contributed by atoms with Crippen molar-refractivity contribution in [2.45, 2.75) is 20.4 Å². The highest BCUT2D eigenvalue weighted by Crippen LogP contribution is 2.24. The quantitative estimate of drug-likeness (QED) is 0.686. The molecule has 2 aromatic carbocycles. The molecular formula is C19H20N2O4. The van der Waals surface area contributed by atoms with Gasteiger partial charge in [-0.1, -0.05) is 38.1 Å². The number of imide groups is 1. The normalized spacial score (nSPS) is 12.4. The third-order valence-electron chi connectivity index (χ3n) is 3.63. The molecule has 0 saturated heterocycles. The standard InChI is InChI=1S/C17H14N2O4.C2H6/c1-23-18-15(20)12-8-6-11(7-9-12)10-19-16(21)13-4-2-3-5-14(13)17(19)22;1-2/h2-9H,10H2,1H3,(H,18,20);1-2H3. The Morgan fingerprint density at radius 3 is 1.96 bits per heavy atom. The molecule has 0 unspecified atom stereocenters. The van der Waals surface area contributed by atoms with E-state index in [1.807, 2.05) is 13.8 Å². The van der Waals surface area contributed by atoms with Crippen LogP contribution in [0.2, 0.25) is 0 Å². The predicted molar refractivity (Wildman–Crippen MR) is 92.9 cm³/mol. The maximum Gasteiger partial charge on any atom is 0.274 e. The Bertz CT molecular complexity index is 749. The molecule has 6 heteroatoms. The van der Waals surface area contributed by atoms with E-state index < -0.39 is 0 Å². The number of hydrogen-bond acceptors (Lipinski definition) is 4. The van der Waals surface area contributed by atoms with Crippen LogP contribution in [0.1, 0.15) is 50.5 Å². The van der Waals surface area contributed by atoms with Gasteiger partial charge >= 0.3 is 0 Å². The van der Waals surface area contributed by atoms with Crippen molar-refractivity contribution >= 4 is 17.7 Å². The molecule has 3 rings (SSSR count). The lowest BCUT2D eigenvalue weighted by Crippen LogP contribution is -2.29. The summed E-state index contributed by atoms with van der Waals surface area (Å²) in [7, 11) is 1.36. The van der Waals surface area contributed by atoms with Crippen molar-refractivity contribution in [3.63, 3.8) is 0 Å². The molecule has 0 aliphatic carbocycles. The Balaban J connectivity index is 0.00000109.